The van der Waals surface area contributed by atoms with Crippen LogP contribution in [0.25, 0.3) is 0 Å². The third kappa shape index (κ3) is 2.58. The average molecular weight is 206 g/mol. The molecule has 15 heavy (non-hydrogen) atoms. The Labute approximate surface area is 91.2 Å². The number of hydrogen-bond acceptors (Lipinski definition) is 2. The fraction of sp³-hybridized carbons (Fsp3) is 0.538. The molecular formula is C13H18O2. The van der Waals surface area contributed by atoms with E-state index >= 15 is 0 Å². The summed E-state index contributed by atoms with van der Waals surface area (Å²) in [4.78, 5) is 0. The van der Waals surface area contributed by atoms with Crippen LogP contribution in [0.2, 0.25) is 0 Å². The van der Waals surface area contributed by atoms with E-state index in [4.69, 9.17) is 9.47 Å². The van der Waals surface area contributed by atoms with E-state index in [0.717, 1.165) is 6.42 Å². The molecule has 2 atom stereocenters. The van der Waals surface area contributed by atoms with Gasteiger partial charge in [-0.3, -0.25) is 0 Å². The summed E-state index contributed by atoms with van der Waals surface area (Å²) in [6.45, 7) is 6.01. The molecule has 1 aliphatic rings. The Morgan fingerprint density at radius 3 is 2.33 bits per heavy atom. The number of hydrogen-bond donors (Lipinski definition) is 0. The van der Waals surface area contributed by atoms with Crippen LogP contribution in [0, 0.1) is 0 Å². The first-order chi connectivity index (χ1) is 7.07. The van der Waals surface area contributed by atoms with Crippen molar-refractivity contribution in [2.24, 2.45) is 0 Å². The molecule has 0 unspecified atom stereocenters. The molecule has 1 fully saturated rings. The lowest BCUT2D eigenvalue weighted by molar-refractivity contribution is -0.144. The Balaban J connectivity index is 2.02. The van der Waals surface area contributed by atoms with Crippen LogP contribution in [0.4, 0.5) is 0 Å². The number of ether oxygens (including phenoxy) is 2. The van der Waals surface area contributed by atoms with Gasteiger partial charge >= 0.3 is 0 Å². The van der Waals surface area contributed by atoms with Gasteiger partial charge in [0.25, 0.3) is 0 Å². The lowest BCUT2D eigenvalue weighted by Crippen LogP contribution is -2.23. The topological polar surface area (TPSA) is 18.5 Å². The lowest BCUT2D eigenvalue weighted by atomic mass is 10.1. The second-order valence-electron chi connectivity index (χ2n) is 4.57. The Morgan fingerprint density at radius 2 is 1.80 bits per heavy atom. The van der Waals surface area contributed by atoms with Gasteiger partial charge in [0.1, 0.15) is 0 Å². The predicted octanol–water partition coefficient (Wildman–Crippen LogP) is 2.77. The summed E-state index contributed by atoms with van der Waals surface area (Å²) >= 11 is 0. The van der Waals surface area contributed by atoms with Crippen LogP contribution in [-0.4, -0.2) is 18.0 Å². The monoisotopic (exact) mass is 206 g/mol. The molecule has 2 heteroatoms. The van der Waals surface area contributed by atoms with E-state index in [-0.39, 0.29) is 12.2 Å². The van der Waals surface area contributed by atoms with Crippen molar-refractivity contribution < 1.29 is 9.47 Å². The highest BCUT2D eigenvalue weighted by Gasteiger charge is 2.38. The molecule has 0 bridgehead atoms. The molecule has 0 N–H and O–H groups in total. The highest BCUT2D eigenvalue weighted by Crippen LogP contribution is 2.29. The summed E-state index contributed by atoms with van der Waals surface area (Å²) in [5.74, 6) is -0.432. The molecule has 0 spiro atoms. The van der Waals surface area contributed by atoms with Crippen molar-refractivity contribution >= 4 is 0 Å². The van der Waals surface area contributed by atoms with Gasteiger partial charge in [-0.25, -0.2) is 0 Å². The predicted molar refractivity (Wildman–Crippen MR) is 59.6 cm³/mol. The first-order valence-electron chi connectivity index (χ1n) is 5.46. The van der Waals surface area contributed by atoms with Gasteiger partial charge in [-0.1, -0.05) is 30.3 Å². The molecule has 0 saturated carbocycles. The largest absolute Gasteiger partial charge is 0.345 e. The van der Waals surface area contributed by atoms with E-state index < -0.39 is 5.79 Å². The van der Waals surface area contributed by atoms with Gasteiger partial charge in [-0.05, 0) is 26.3 Å². The molecule has 0 radical (unpaired) electrons. The van der Waals surface area contributed by atoms with Gasteiger partial charge in [0.15, 0.2) is 5.79 Å². The average Bonchev–Trinajstić information content (AvgIpc) is 2.41. The highest BCUT2D eigenvalue weighted by atomic mass is 16.7. The summed E-state index contributed by atoms with van der Waals surface area (Å²) < 4.78 is 11.6. The zero-order chi connectivity index (χ0) is 10.9. The van der Waals surface area contributed by atoms with Gasteiger partial charge in [0.05, 0.1) is 12.2 Å². The zero-order valence-corrected chi connectivity index (χ0v) is 9.57. The molecule has 0 aliphatic carbocycles. The fourth-order valence-electron chi connectivity index (χ4n) is 2.07. The van der Waals surface area contributed by atoms with E-state index in [1.165, 1.54) is 5.56 Å². The van der Waals surface area contributed by atoms with Gasteiger partial charge in [-0.15, -0.1) is 0 Å². The Kier molecular flexibility index (Phi) is 2.81. The summed E-state index contributed by atoms with van der Waals surface area (Å²) in [5.41, 5.74) is 1.30. The molecule has 1 saturated heterocycles. The number of benzene rings is 1. The molecule has 1 aliphatic heterocycles. The van der Waals surface area contributed by atoms with Crippen molar-refractivity contribution in [1.82, 2.24) is 0 Å². The molecule has 2 rings (SSSR count). The van der Waals surface area contributed by atoms with E-state index in [0.29, 0.717) is 0 Å². The maximum Gasteiger partial charge on any atom is 0.163 e. The molecular weight excluding hydrogens is 188 g/mol. The summed E-state index contributed by atoms with van der Waals surface area (Å²) in [5, 5.41) is 0. The van der Waals surface area contributed by atoms with Gasteiger partial charge in [-0.2, -0.15) is 0 Å². The lowest BCUT2D eigenvalue weighted by Gasteiger charge is -2.16. The molecule has 0 aromatic heterocycles. The summed E-state index contributed by atoms with van der Waals surface area (Å²) in [7, 11) is 0. The van der Waals surface area contributed by atoms with Gasteiger partial charge < -0.3 is 9.47 Å². The van der Waals surface area contributed by atoms with Crippen molar-refractivity contribution in [2.45, 2.75) is 45.2 Å². The third-order valence-electron chi connectivity index (χ3n) is 2.71. The van der Waals surface area contributed by atoms with E-state index in [1.807, 2.05) is 19.9 Å². The molecule has 82 valence electrons. The fourth-order valence-corrected chi connectivity index (χ4v) is 2.07. The maximum absolute atomic E-state index is 5.84. The first kappa shape index (κ1) is 10.7. The Morgan fingerprint density at radius 1 is 1.13 bits per heavy atom. The third-order valence-corrected chi connectivity index (χ3v) is 2.71. The Hall–Kier alpha value is -0.860. The molecule has 1 aromatic rings. The zero-order valence-electron chi connectivity index (χ0n) is 9.57. The minimum absolute atomic E-state index is 0.167. The van der Waals surface area contributed by atoms with Gasteiger partial charge in [0, 0.05) is 6.42 Å². The van der Waals surface area contributed by atoms with Crippen LogP contribution in [0.3, 0.4) is 0 Å². The van der Waals surface area contributed by atoms with Crippen molar-refractivity contribution in [2.75, 3.05) is 0 Å². The van der Waals surface area contributed by atoms with Crippen LogP contribution >= 0.6 is 0 Å². The van der Waals surface area contributed by atoms with Crippen molar-refractivity contribution in [1.29, 1.82) is 0 Å². The summed E-state index contributed by atoms with van der Waals surface area (Å²) in [6.07, 6.45) is 1.26. The normalized spacial score (nSPS) is 29.3. The molecule has 2 nitrogen and oxygen atoms in total. The van der Waals surface area contributed by atoms with Crippen LogP contribution in [0.15, 0.2) is 30.3 Å². The second-order valence-corrected chi connectivity index (χ2v) is 4.57. The van der Waals surface area contributed by atoms with E-state index in [2.05, 4.69) is 31.2 Å². The van der Waals surface area contributed by atoms with E-state index in [1.54, 1.807) is 0 Å². The standard InChI is InChI=1S/C13H18O2/c1-10-12(15-13(2,3)14-10)9-11-7-5-4-6-8-11/h4-8,10,12H,9H2,1-3H3/t10-,12-/m0/s1. The van der Waals surface area contributed by atoms with Gasteiger partial charge in [0.2, 0.25) is 0 Å². The smallest absolute Gasteiger partial charge is 0.163 e. The summed E-state index contributed by atoms with van der Waals surface area (Å²) in [6, 6.07) is 10.4. The van der Waals surface area contributed by atoms with Crippen molar-refractivity contribution in [3.63, 3.8) is 0 Å². The van der Waals surface area contributed by atoms with E-state index in [9.17, 15) is 0 Å². The Bertz CT molecular complexity index is 319. The van der Waals surface area contributed by atoms with Crippen LogP contribution in [0.1, 0.15) is 26.3 Å². The maximum atomic E-state index is 5.84. The minimum atomic E-state index is -0.432. The minimum Gasteiger partial charge on any atom is -0.345 e. The highest BCUT2D eigenvalue weighted by molar-refractivity contribution is 5.16. The van der Waals surface area contributed by atoms with Crippen LogP contribution in [-0.2, 0) is 15.9 Å². The van der Waals surface area contributed by atoms with Crippen LogP contribution < -0.4 is 0 Å². The van der Waals surface area contributed by atoms with Crippen LogP contribution in [0.5, 0.6) is 0 Å². The van der Waals surface area contributed by atoms with Crippen molar-refractivity contribution in [3.8, 4) is 0 Å². The molecule has 1 aromatic carbocycles. The second kappa shape index (κ2) is 3.95. The quantitative estimate of drug-likeness (QED) is 0.740. The first-order valence-corrected chi connectivity index (χ1v) is 5.46. The number of rotatable bonds is 2. The SMILES string of the molecule is C[C@@H]1OC(C)(C)O[C@H]1Cc1ccccc1. The van der Waals surface area contributed by atoms with Crippen molar-refractivity contribution in [3.05, 3.63) is 35.9 Å². The molecule has 1 heterocycles. The molecule has 0 amide bonds.